The number of ether oxygens (including phenoxy) is 1. The Bertz CT molecular complexity index is 474. The first-order valence-electron chi connectivity index (χ1n) is 7.34. The van der Waals surface area contributed by atoms with E-state index in [9.17, 15) is 4.79 Å². The molecule has 1 unspecified atom stereocenters. The topological polar surface area (TPSA) is 55.6 Å². The number of nitrogens with zero attached hydrogens (tertiary/aromatic N) is 1. The van der Waals surface area contributed by atoms with Gasteiger partial charge in [-0.05, 0) is 49.9 Å². The predicted molar refractivity (Wildman–Crippen MR) is 79.1 cm³/mol. The Labute approximate surface area is 120 Å². The average molecular weight is 276 g/mol. The number of carbonyl (C=O) groups is 1. The van der Waals surface area contributed by atoms with Crippen LogP contribution in [0.4, 0.5) is 0 Å². The predicted octanol–water partition coefficient (Wildman–Crippen LogP) is 1.98. The number of esters is 1. The lowest BCUT2D eigenvalue weighted by atomic mass is 10.0. The molecule has 1 aliphatic heterocycles. The van der Waals surface area contributed by atoms with Crippen molar-refractivity contribution in [2.24, 2.45) is 5.73 Å². The van der Waals surface area contributed by atoms with E-state index in [1.54, 1.807) is 0 Å². The van der Waals surface area contributed by atoms with E-state index in [1.165, 1.54) is 11.1 Å². The molecule has 0 spiro atoms. The van der Waals surface area contributed by atoms with Gasteiger partial charge in [0.1, 0.15) is 6.04 Å². The Morgan fingerprint density at radius 1 is 1.50 bits per heavy atom. The molecule has 0 aromatic heterocycles. The van der Waals surface area contributed by atoms with Crippen LogP contribution in [0.2, 0.25) is 0 Å². The lowest BCUT2D eigenvalue weighted by Gasteiger charge is -2.23. The fourth-order valence-electron chi connectivity index (χ4n) is 2.80. The van der Waals surface area contributed by atoms with Crippen LogP contribution in [0.3, 0.4) is 0 Å². The minimum absolute atomic E-state index is 0.0801. The average Bonchev–Trinajstić information content (AvgIpc) is 2.89. The maximum atomic E-state index is 12.0. The van der Waals surface area contributed by atoms with Crippen LogP contribution >= 0.6 is 0 Å². The SMILES string of the molecule is CCOC(=O)C1CCCN1Cc1ccc(CN)cc1C. The van der Waals surface area contributed by atoms with E-state index in [-0.39, 0.29) is 12.0 Å². The van der Waals surface area contributed by atoms with Gasteiger partial charge in [-0.25, -0.2) is 0 Å². The summed E-state index contributed by atoms with van der Waals surface area (Å²) in [5.41, 5.74) is 9.30. The van der Waals surface area contributed by atoms with E-state index in [1.807, 2.05) is 6.92 Å². The Kier molecular flexibility index (Phi) is 5.15. The van der Waals surface area contributed by atoms with Crippen molar-refractivity contribution in [3.63, 3.8) is 0 Å². The quantitative estimate of drug-likeness (QED) is 0.836. The molecule has 0 radical (unpaired) electrons. The smallest absolute Gasteiger partial charge is 0.323 e. The Balaban J connectivity index is 2.06. The summed E-state index contributed by atoms with van der Waals surface area (Å²) in [6, 6.07) is 6.24. The lowest BCUT2D eigenvalue weighted by molar-refractivity contribution is -0.148. The van der Waals surface area contributed by atoms with E-state index in [4.69, 9.17) is 10.5 Å². The second-order valence-corrected chi connectivity index (χ2v) is 5.35. The molecule has 1 aliphatic rings. The van der Waals surface area contributed by atoms with E-state index >= 15 is 0 Å². The number of rotatable bonds is 5. The molecular weight excluding hydrogens is 252 g/mol. The van der Waals surface area contributed by atoms with Gasteiger partial charge in [-0.1, -0.05) is 18.2 Å². The summed E-state index contributed by atoms with van der Waals surface area (Å²) in [6.45, 7) is 6.74. The zero-order valence-electron chi connectivity index (χ0n) is 12.4. The molecule has 1 atom stereocenters. The van der Waals surface area contributed by atoms with E-state index in [0.29, 0.717) is 13.2 Å². The maximum absolute atomic E-state index is 12.0. The van der Waals surface area contributed by atoms with Crippen molar-refractivity contribution in [1.82, 2.24) is 4.90 Å². The lowest BCUT2D eigenvalue weighted by Crippen LogP contribution is -2.37. The summed E-state index contributed by atoms with van der Waals surface area (Å²) < 4.78 is 5.16. The summed E-state index contributed by atoms with van der Waals surface area (Å²) in [5, 5.41) is 0. The van der Waals surface area contributed by atoms with Gasteiger partial charge in [0.05, 0.1) is 6.61 Å². The standard InChI is InChI=1S/C16H24N2O2/c1-3-20-16(19)15-5-4-8-18(15)11-14-7-6-13(10-17)9-12(14)2/h6-7,9,15H,3-5,8,10-11,17H2,1-2H3. The molecule has 4 nitrogen and oxygen atoms in total. The van der Waals surface area contributed by atoms with Crippen LogP contribution in [-0.4, -0.2) is 30.1 Å². The van der Waals surface area contributed by atoms with Gasteiger partial charge >= 0.3 is 5.97 Å². The first-order chi connectivity index (χ1) is 9.65. The molecule has 1 saturated heterocycles. The molecular formula is C16H24N2O2. The van der Waals surface area contributed by atoms with Crippen LogP contribution in [0.5, 0.6) is 0 Å². The van der Waals surface area contributed by atoms with Gasteiger partial charge in [-0.2, -0.15) is 0 Å². The van der Waals surface area contributed by atoms with Gasteiger partial charge in [0.25, 0.3) is 0 Å². The van der Waals surface area contributed by atoms with Gasteiger partial charge in [-0.15, -0.1) is 0 Å². The van der Waals surface area contributed by atoms with Gasteiger partial charge in [0.15, 0.2) is 0 Å². The molecule has 0 aliphatic carbocycles. The molecule has 2 rings (SSSR count). The summed E-state index contributed by atoms with van der Waals surface area (Å²) in [4.78, 5) is 14.2. The zero-order valence-corrected chi connectivity index (χ0v) is 12.4. The minimum atomic E-state index is -0.0822. The minimum Gasteiger partial charge on any atom is -0.465 e. The highest BCUT2D eigenvalue weighted by Gasteiger charge is 2.31. The normalized spacial score (nSPS) is 19.2. The fourth-order valence-corrected chi connectivity index (χ4v) is 2.80. The number of carbonyl (C=O) groups excluding carboxylic acids is 1. The van der Waals surface area contributed by atoms with Crippen LogP contribution < -0.4 is 5.73 Å². The third-order valence-electron chi connectivity index (χ3n) is 3.94. The monoisotopic (exact) mass is 276 g/mol. The first-order valence-corrected chi connectivity index (χ1v) is 7.34. The Hall–Kier alpha value is -1.39. The molecule has 0 bridgehead atoms. The number of hydrogen-bond acceptors (Lipinski definition) is 4. The van der Waals surface area contributed by atoms with Gasteiger partial charge in [-0.3, -0.25) is 9.69 Å². The van der Waals surface area contributed by atoms with Crippen molar-refractivity contribution in [3.05, 3.63) is 34.9 Å². The number of aryl methyl sites for hydroxylation is 1. The van der Waals surface area contributed by atoms with Crippen molar-refractivity contribution >= 4 is 5.97 Å². The molecule has 1 aromatic rings. The molecule has 110 valence electrons. The second kappa shape index (κ2) is 6.86. The number of nitrogens with two attached hydrogens (primary N) is 1. The largest absolute Gasteiger partial charge is 0.465 e. The molecule has 1 fully saturated rings. The summed E-state index contributed by atoms with van der Waals surface area (Å²) in [6.07, 6.45) is 1.96. The Morgan fingerprint density at radius 3 is 2.95 bits per heavy atom. The molecule has 20 heavy (non-hydrogen) atoms. The van der Waals surface area contributed by atoms with Crippen molar-refractivity contribution in [2.45, 2.75) is 45.8 Å². The van der Waals surface area contributed by atoms with Crippen molar-refractivity contribution in [2.75, 3.05) is 13.2 Å². The number of likely N-dealkylation sites (tertiary alicyclic amines) is 1. The first kappa shape index (κ1) is 15.0. The molecule has 0 amide bonds. The van der Waals surface area contributed by atoms with Gasteiger partial charge < -0.3 is 10.5 Å². The van der Waals surface area contributed by atoms with Crippen LogP contribution in [0.15, 0.2) is 18.2 Å². The van der Waals surface area contributed by atoms with Crippen LogP contribution in [0.25, 0.3) is 0 Å². The third kappa shape index (κ3) is 3.38. The molecule has 2 N–H and O–H groups in total. The summed E-state index contributed by atoms with van der Waals surface area (Å²) in [5.74, 6) is -0.0822. The highest BCUT2D eigenvalue weighted by Crippen LogP contribution is 2.23. The van der Waals surface area contributed by atoms with Gasteiger partial charge in [0.2, 0.25) is 0 Å². The summed E-state index contributed by atoms with van der Waals surface area (Å²) >= 11 is 0. The van der Waals surface area contributed by atoms with Crippen LogP contribution in [0.1, 0.15) is 36.5 Å². The maximum Gasteiger partial charge on any atom is 0.323 e. The van der Waals surface area contributed by atoms with Gasteiger partial charge in [0, 0.05) is 13.1 Å². The van der Waals surface area contributed by atoms with E-state index in [0.717, 1.165) is 31.5 Å². The molecule has 0 saturated carbocycles. The highest BCUT2D eigenvalue weighted by atomic mass is 16.5. The van der Waals surface area contributed by atoms with Crippen LogP contribution in [0, 0.1) is 6.92 Å². The van der Waals surface area contributed by atoms with Crippen molar-refractivity contribution in [1.29, 1.82) is 0 Å². The highest BCUT2D eigenvalue weighted by molar-refractivity contribution is 5.76. The molecule has 1 heterocycles. The molecule has 4 heteroatoms. The number of benzene rings is 1. The summed E-state index contributed by atoms with van der Waals surface area (Å²) in [7, 11) is 0. The Morgan fingerprint density at radius 2 is 2.30 bits per heavy atom. The van der Waals surface area contributed by atoms with Crippen LogP contribution in [-0.2, 0) is 22.6 Å². The van der Waals surface area contributed by atoms with E-state index in [2.05, 4.69) is 30.0 Å². The van der Waals surface area contributed by atoms with Crippen molar-refractivity contribution in [3.8, 4) is 0 Å². The fraction of sp³-hybridized carbons (Fsp3) is 0.562. The second-order valence-electron chi connectivity index (χ2n) is 5.35. The zero-order chi connectivity index (χ0) is 14.5. The molecule has 1 aromatic carbocycles. The number of hydrogen-bond donors (Lipinski definition) is 1. The van der Waals surface area contributed by atoms with Crippen molar-refractivity contribution < 1.29 is 9.53 Å². The third-order valence-corrected chi connectivity index (χ3v) is 3.94. The van der Waals surface area contributed by atoms with E-state index < -0.39 is 0 Å².